The molecule has 8 atom stereocenters. The van der Waals surface area contributed by atoms with E-state index in [0.717, 1.165) is 59.3 Å². The number of benzene rings is 2. The molecular weight excluding hydrogens is 793 g/mol. The van der Waals surface area contributed by atoms with Crippen LogP contribution in [0, 0.1) is 35.5 Å². The lowest BCUT2D eigenvalue weighted by Gasteiger charge is -2.35. The van der Waals surface area contributed by atoms with Crippen molar-refractivity contribution in [2.24, 2.45) is 23.7 Å². The Morgan fingerprint density at radius 1 is 0.645 bits per heavy atom. The van der Waals surface area contributed by atoms with E-state index in [1.54, 1.807) is 12.4 Å². The van der Waals surface area contributed by atoms with E-state index >= 15 is 0 Å². The van der Waals surface area contributed by atoms with Crippen molar-refractivity contribution >= 4 is 24.0 Å². The quantitative estimate of drug-likeness (QED) is 0.113. The Hall–Kier alpha value is -6.18. The van der Waals surface area contributed by atoms with E-state index in [1.807, 2.05) is 58.3 Å². The third kappa shape index (κ3) is 8.02. The predicted molar refractivity (Wildman–Crippen MR) is 223 cm³/mol. The zero-order valence-corrected chi connectivity index (χ0v) is 34.2. The minimum Gasteiger partial charge on any atom is -0.465 e. The zero-order chi connectivity index (χ0) is 42.5. The maximum atomic E-state index is 14.1. The summed E-state index contributed by atoms with van der Waals surface area (Å²) in [7, 11) is 0. The Labute approximate surface area is 358 Å². The predicted octanol–water partition coefficient (Wildman–Crippen LogP) is 5.32. The van der Waals surface area contributed by atoms with E-state index in [4.69, 9.17) is 19.4 Å². The lowest BCUT2D eigenvalue weighted by atomic mass is 9.90. The van der Waals surface area contributed by atoms with Crippen molar-refractivity contribution in [3.63, 3.8) is 0 Å². The van der Waals surface area contributed by atoms with Gasteiger partial charge >= 0.3 is 12.2 Å². The van der Waals surface area contributed by atoms with Gasteiger partial charge in [-0.1, -0.05) is 36.1 Å². The monoisotopic (exact) mass is 842 g/mol. The molecular formula is C46H50N8O8. The smallest absolute Gasteiger partial charge is 0.405 e. The first kappa shape index (κ1) is 39.9. The molecule has 10 rings (SSSR count). The number of aromatic amines is 2. The summed E-state index contributed by atoms with van der Waals surface area (Å²) in [5, 5.41) is 24.3. The van der Waals surface area contributed by atoms with Gasteiger partial charge in [-0.25, -0.2) is 19.6 Å². The third-order valence-corrected chi connectivity index (χ3v) is 13.8. The van der Waals surface area contributed by atoms with Gasteiger partial charge in [-0.3, -0.25) is 9.59 Å². The number of rotatable bonds is 10. The van der Waals surface area contributed by atoms with Crippen molar-refractivity contribution in [2.45, 2.75) is 87.6 Å². The minimum atomic E-state index is -1.20. The first-order valence-electron chi connectivity index (χ1n) is 21.8. The zero-order valence-electron chi connectivity index (χ0n) is 34.2. The van der Waals surface area contributed by atoms with Crippen LogP contribution in [0.1, 0.15) is 86.2 Å². The number of piperidine rings is 2. The molecule has 4 aromatic rings. The van der Waals surface area contributed by atoms with Crippen molar-refractivity contribution in [1.29, 1.82) is 0 Å². The van der Waals surface area contributed by atoms with Crippen LogP contribution >= 0.6 is 0 Å². The van der Waals surface area contributed by atoms with Crippen LogP contribution in [0.25, 0.3) is 22.5 Å². The normalized spacial score (nSPS) is 26.4. The molecule has 2 aromatic heterocycles. The highest BCUT2D eigenvalue weighted by Gasteiger charge is 2.58. The molecule has 16 nitrogen and oxygen atoms in total. The fourth-order valence-electron chi connectivity index (χ4n) is 10.5. The first-order valence-corrected chi connectivity index (χ1v) is 21.8. The van der Waals surface area contributed by atoms with Crippen LogP contribution in [0.5, 0.6) is 0 Å². The molecule has 0 bridgehead atoms. The fourth-order valence-corrected chi connectivity index (χ4v) is 10.5. The van der Waals surface area contributed by atoms with Gasteiger partial charge in [-0.15, -0.1) is 0 Å². The second-order valence-electron chi connectivity index (χ2n) is 17.7. The van der Waals surface area contributed by atoms with E-state index < -0.39 is 24.3 Å². The van der Waals surface area contributed by atoms with E-state index in [-0.39, 0.29) is 47.8 Å². The third-order valence-electron chi connectivity index (χ3n) is 13.8. The van der Waals surface area contributed by atoms with Gasteiger partial charge in [0, 0.05) is 60.8 Å². The average Bonchev–Trinajstić information content (AvgIpc) is 3.87. The topological polar surface area (TPSA) is 215 Å². The molecule has 16 heteroatoms. The van der Waals surface area contributed by atoms with E-state index in [1.165, 1.54) is 0 Å². The van der Waals surface area contributed by atoms with Crippen LogP contribution in [0.4, 0.5) is 9.59 Å². The molecule has 322 valence electrons. The standard InChI is InChI=1S/C46H50N8O8/c55-43(39(51-45(57)58)27-9-13-61-14-10-27)53-35-19-31(35)21-37(53)41-47-23-33(49-41)29-5-1-3-25(17-29)7-8-26-4-2-6-30(18-26)34-24-48-42(50-34)38-22-32-20-36(32)54(38)44(56)40(52-46(59)60)28-11-15-62-16-12-28/h1-6,17-18,23-24,27-28,31-32,35-40,51-52H,9-16,19-22H2,(H,47,49)(H,48,50)(H,57,58)(H,59,60)/t31-,32-,35?,36?,37+,38+,39-,40-/m1/s1. The number of fused-ring (bicyclic) bond motifs is 2. The maximum Gasteiger partial charge on any atom is 0.405 e. The van der Waals surface area contributed by atoms with Gasteiger partial charge in [0.05, 0.1) is 35.9 Å². The Kier molecular flexibility index (Phi) is 10.7. The van der Waals surface area contributed by atoms with Gasteiger partial charge < -0.3 is 50.1 Å². The Morgan fingerprint density at radius 2 is 1.06 bits per heavy atom. The number of hydrogen-bond acceptors (Lipinski definition) is 8. The van der Waals surface area contributed by atoms with Gasteiger partial charge in [0.15, 0.2) is 0 Å². The summed E-state index contributed by atoms with van der Waals surface area (Å²) in [4.78, 5) is 71.9. The Morgan fingerprint density at radius 3 is 1.47 bits per heavy atom. The number of carboxylic acid groups (broad SMARTS) is 2. The van der Waals surface area contributed by atoms with Crippen molar-refractivity contribution in [2.75, 3.05) is 26.4 Å². The maximum absolute atomic E-state index is 14.1. The van der Waals surface area contributed by atoms with Crippen LogP contribution in [0.3, 0.4) is 0 Å². The number of carbonyl (C=O) groups is 4. The number of hydrogen-bond donors (Lipinski definition) is 6. The highest BCUT2D eigenvalue weighted by molar-refractivity contribution is 5.88. The van der Waals surface area contributed by atoms with E-state index in [0.29, 0.717) is 75.6 Å². The van der Waals surface area contributed by atoms with Crippen LogP contribution in [0.2, 0.25) is 0 Å². The molecule has 2 saturated carbocycles. The largest absolute Gasteiger partial charge is 0.465 e. The number of likely N-dealkylation sites (tertiary alicyclic amines) is 2. The molecule has 62 heavy (non-hydrogen) atoms. The Balaban J connectivity index is 0.827. The number of H-pyrrole nitrogens is 2. The molecule has 4 aliphatic heterocycles. The molecule has 6 heterocycles. The number of nitrogens with zero attached hydrogens (tertiary/aromatic N) is 4. The Bertz CT molecular complexity index is 2260. The number of amides is 4. The van der Waals surface area contributed by atoms with Crippen LogP contribution < -0.4 is 10.6 Å². The average molecular weight is 843 g/mol. The molecule has 6 N–H and O–H groups in total. The molecule has 2 unspecified atom stereocenters. The molecule has 4 saturated heterocycles. The fraction of sp³-hybridized carbons (Fsp3) is 0.478. The molecule has 4 amide bonds. The second-order valence-corrected chi connectivity index (χ2v) is 17.7. The second kappa shape index (κ2) is 16.6. The van der Waals surface area contributed by atoms with Crippen LogP contribution in [-0.2, 0) is 19.1 Å². The summed E-state index contributed by atoms with van der Waals surface area (Å²) in [6.07, 6.45) is 7.09. The van der Waals surface area contributed by atoms with E-state index in [9.17, 15) is 29.4 Å². The van der Waals surface area contributed by atoms with Gasteiger partial charge in [0.2, 0.25) is 11.8 Å². The number of carbonyl (C=O) groups excluding carboxylic acids is 2. The molecule has 6 fully saturated rings. The summed E-state index contributed by atoms with van der Waals surface area (Å²) in [5.74, 6) is 8.16. The highest BCUT2D eigenvalue weighted by atomic mass is 16.5. The van der Waals surface area contributed by atoms with Gasteiger partial charge in [-0.2, -0.15) is 0 Å². The van der Waals surface area contributed by atoms with Crippen molar-refractivity contribution in [3.05, 3.63) is 83.7 Å². The molecule has 2 aliphatic carbocycles. The van der Waals surface area contributed by atoms with Crippen LogP contribution in [0.15, 0.2) is 60.9 Å². The number of imidazole rings is 2. The first-order chi connectivity index (χ1) is 30.2. The summed E-state index contributed by atoms with van der Waals surface area (Å²) in [5.41, 5.74) is 5.03. The molecule has 0 radical (unpaired) electrons. The van der Waals surface area contributed by atoms with Crippen molar-refractivity contribution in [1.82, 2.24) is 40.4 Å². The minimum absolute atomic E-state index is 0.0928. The van der Waals surface area contributed by atoms with Crippen molar-refractivity contribution < 1.29 is 38.9 Å². The lowest BCUT2D eigenvalue weighted by Crippen LogP contribution is -2.53. The number of nitrogens with one attached hydrogen (secondary N) is 4. The molecule has 0 spiro atoms. The molecule has 6 aliphatic rings. The summed E-state index contributed by atoms with van der Waals surface area (Å²) >= 11 is 0. The van der Waals surface area contributed by atoms with Gasteiger partial charge in [0.1, 0.15) is 23.7 Å². The SMILES string of the molecule is O=C(O)N[C@@H](C(=O)N1C2C[C@@H]2C[C@H]1c1ncc(-c2cccc(C#Cc3cccc(-c4cnc([C@@H]5C[C@H]6CC6N5C(=O)[C@H](NC(=O)O)C5CCOCC5)[nH]4)c3)c2)[nH]1)C1CCOCC1. The van der Waals surface area contributed by atoms with Crippen LogP contribution in [-0.4, -0.2) is 115 Å². The number of aromatic nitrogens is 4. The molecule has 2 aromatic carbocycles. The number of ether oxygens (including phenoxy) is 2. The van der Waals surface area contributed by atoms with Gasteiger partial charge in [-0.05, 0) is 99.3 Å². The summed E-state index contributed by atoms with van der Waals surface area (Å²) in [6, 6.07) is 13.8. The summed E-state index contributed by atoms with van der Waals surface area (Å²) < 4.78 is 11.0. The summed E-state index contributed by atoms with van der Waals surface area (Å²) in [6.45, 7) is 2.04. The highest BCUT2D eigenvalue weighted by Crippen LogP contribution is 2.55. The van der Waals surface area contributed by atoms with Crippen molar-refractivity contribution in [3.8, 4) is 34.4 Å². The lowest BCUT2D eigenvalue weighted by molar-refractivity contribution is -0.138. The van der Waals surface area contributed by atoms with E-state index in [2.05, 4.69) is 32.4 Å². The van der Waals surface area contributed by atoms with Gasteiger partial charge in [0.25, 0.3) is 0 Å².